The van der Waals surface area contributed by atoms with Gasteiger partial charge in [-0.25, -0.2) is 4.99 Å². The summed E-state index contributed by atoms with van der Waals surface area (Å²) in [5.41, 5.74) is 2.04. The molecule has 112 valence electrons. The highest BCUT2D eigenvalue weighted by molar-refractivity contribution is 8.18. The number of carbonyl (C=O) groups is 1. The molecule has 2 aromatic rings. The van der Waals surface area contributed by atoms with Gasteiger partial charge in [0, 0.05) is 0 Å². The molecule has 0 saturated carbocycles. The van der Waals surface area contributed by atoms with Crippen molar-refractivity contribution >= 4 is 46.2 Å². The normalized spacial score (nSPS) is 17.3. The Balaban J connectivity index is 1.83. The maximum absolute atomic E-state index is 12.0. The Kier molecular flexibility index (Phi) is 4.47. The summed E-state index contributed by atoms with van der Waals surface area (Å²) in [5, 5.41) is 12.5. The average Bonchev–Trinajstić information content (AvgIpc) is 2.90. The highest BCUT2D eigenvalue weighted by Crippen LogP contribution is 2.30. The minimum absolute atomic E-state index is 0.204. The molecule has 0 aliphatic carbocycles. The maximum Gasteiger partial charge on any atom is 0.264 e. The molecular weight excluding hydrogens is 330 g/mol. The van der Waals surface area contributed by atoms with Crippen LogP contribution in [0, 0.1) is 11.3 Å². The molecule has 1 aliphatic heterocycles. The second-order valence-electron chi connectivity index (χ2n) is 4.67. The minimum Gasteiger partial charge on any atom is -0.300 e. The van der Waals surface area contributed by atoms with E-state index in [1.165, 1.54) is 11.8 Å². The fourth-order valence-corrected chi connectivity index (χ4v) is 2.95. The van der Waals surface area contributed by atoms with Crippen molar-refractivity contribution in [3.8, 4) is 6.07 Å². The lowest BCUT2D eigenvalue weighted by molar-refractivity contribution is -0.115. The molecule has 1 aliphatic rings. The Morgan fingerprint density at radius 3 is 2.61 bits per heavy atom. The molecule has 0 unspecified atom stereocenters. The van der Waals surface area contributed by atoms with Crippen molar-refractivity contribution in [2.24, 2.45) is 4.99 Å². The summed E-state index contributed by atoms with van der Waals surface area (Å²) in [4.78, 5) is 16.9. The summed E-state index contributed by atoms with van der Waals surface area (Å²) < 4.78 is 0. The van der Waals surface area contributed by atoms with Crippen LogP contribution in [-0.4, -0.2) is 11.1 Å². The van der Waals surface area contributed by atoms with Crippen LogP contribution in [0.4, 0.5) is 5.69 Å². The lowest BCUT2D eigenvalue weighted by Gasteiger charge is -1.98. The Morgan fingerprint density at radius 2 is 1.91 bits per heavy atom. The number of nitrogens with one attached hydrogen (secondary N) is 1. The Hall–Kier alpha value is -2.55. The predicted octanol–water partition coefficient (Wildman–Crippen LogP) is 4.10. The first kappa shape index (κ1) is 15.3. The van der Waals surface area contributed by atoms with Gasteiger partial charge in [-0.3, -0.25) is 4.79 Å². The van der Waals surface area contributed by atoms with E-state index in [-0.39, 0.29) is 5.91 Å². The fraction of sp³-hybridized carbons (Fsp3) is 0. The van der Waals surface area contributed by atoms with E-state index in [9.17, 15) is 4.79 Å². The number of aliphatic imine (C=N–C) groups is 1. The van der Waals surface area contributed by atoms with Gasteiger partial charge < -0.3 is 5.32 Å². The number of hydrogen-bond donors (Lipinski definition) is 1. The third-order valence-electron chi connectivity index (χ3n) is 3.06. The largest absolute Gasteiger partial charge is 0.300 e. The number of benzene rings is 2. The molecule has 4 nitrogen and oxygen atoms in total. The van der Waals surface area contributed by atoms with Crippen LogP contribution < -0.4 is 5.32 Å². The fourth-order valence-electron chi connectivity index (χ4n) is 1.94. The molecule has 0 atom stereocenters. The zero-order chi connectivity index (χ0) is 16.2. The quantitative estimate of drug-likeness (QED) is 0.837. The first-order valence-corrected chi connectivity index (χ1v) is 7.89. The number of thioether (sulfide) groups is 1. The number of nitrogens with zero attached hydrogens (tertiary/aromatic N) is 2. The lowest BCUT2D eigenvalue weighted by Crippen LogP contribution is -2.19. The molecule has 0 spiro atoms. The molecule has 3 rings (SSSR count). The molecule has 1 N–H and O–H groups in total. The molecule has 1 amide bonds. The number of amides is 1. The first-order chi connectivity index (χ1) is 11.2. The number of nitriles is 1. The third-order valence-corrected chi connectivity index (χ3v) is 4.29. The summed E-state index contributed by atoms with van der Waals surface area (Å²) in [6, 6.07) is 16.3. The second kappa shape index (κ2) is 6.69. The van der Waals surface area contributed by atoms with Crippen LogP contribution in [0.3, 0.4) is 0 Å². The Morgan fingerprint density at radius 1 is 1.17 bits per heavy atom. The number of amidine groups is 1. The number of para-hydroxylation sites is 1. The van der Waals surface area contributed by atoms with Crippen molar-refractivity contribution in [2.45, 2.75) is 0 Å². The van der Waals surface area contributed by atoms with Crippen molar-refractivity contribution < 1.29 is 4.79 Å². The van der Waals surface area contributed by atoms with Gasteiger partial charge in [0.1, 0.15) is 0 Å². The maximum atomic E-state index is 12.0. The lowest BCUT2D eigenvalue weighted by atomic mass is 10.1. The standard InChI is InChI=1S/C17H10ClN3OS/c18-13-3-1-2-4-14(13)20-17-21-16(22)15(23-17)9-11-5-7-12(10-19)8-6-11/h1-9H,(H,20,21,22). The van der Waals surface area contributed by atoms with Gasteiger partial charge >= 0.3 is 0 Å². The molecular formula is C17H10ClN3OS. The van der Waals surface area contributed by atoms with E-state index in [1.54, 1.807) is 42.5 Å². The van der Waals surface area contributed by atoms with Gasteiger partial charge in [0.2, 0.25) is 0 Å². The average molecular weight is 340 g/mol. The minimum atomic E-state index is -0.204. The van der Waals surface area contributed by atoms with Crippen LogP contribution in [0.1, 0.15) is 11.1 Å². The van der Waals surface area contributed by atoms with Crippen LogP contribution in [0.5, 0.6) is 0 Å². The van der Waals surface area contributed by atoms with Crippen molar-refractivity contribution in [3.05, 3.63) is 69.6 Å². The Labute approximate surface area is 142 Å². The van der Waals surface area contributed by atoms with E-state index >= 15 is 0 Å². The Bertz CT molecular complexity index is 866. The molecule has 0 radical (unpaired) electrons. The van der Waals surface area contributed by atoms with Crippen LogP contribution in [-0.2, 0) is 4.79 Å². The van der Waals surface area contributed by atoms with Gasteiger partial charge in [0.15, 0.2) is 5.17 Å². The summed E-state index contributed by atoms with van der Waals surface area (Å²) >= 11 is 7.32. The van der Waals surface area contributed by atoms with Crippen LogP contribution in [0.25, 0.3) is 6.08 Å². The molecule has 0 aromatic heterocycles. The number of carbonyl (C=O) groups excluding carboxylic acids is 1. The van der Waals surface area contributed by atoms with E-state index in [2.05, 4.69) is 16.4 Å². The molecule has 23 heavy (non-hydrogen) atoms. The summed E-state index contributed by atoms with van der Waals surface area (Å²) in [6.45, 7) is 0. The van der Waals surface area contributed by atoms with E-state index in [4.69, 9.17) is 16.9 Å². The SMILES string of the molecule is N#Cc1ccc(C=C2SC(=Nc3ccccc3Cl)NC2=O)cc1. The molecule has 2 aromatic carbocycles. The van der Waals surface area contributed by atoms with Crippen molar-refractivity contribution in [1.82, 2.24) is 5.32 Å². The van der Waals surface area contributed by atoms with Crippen molar-refractivity contribution in [3.63, 3.8) is 0 Å². The third kappa shape index (κ3) is 3.62. The van der Waals surface area contributed by atoms with E-state index in [1.807, 2.05) is 12.1 Å². The van der Waals surface area contributed by atoms with Gasteiger partial charge in [-0.2, -0.15) is 5.26 Å². The second-order valence-corrected chi connectivity index (χ2v) is 6.10. The van der Waals surface area contributed by atoms with Crippen LogP contribution in [0.15, 0.2) is 58.4 Å². The first-order valence-electron chi connectivity index (χ1n) is 6.70. The van der Waals surface area contributed by atoms with Gasteiger partial charge in [-0.1, -0.05) is 35.9 Å². The topological polar surface area (TPSA) is 65.2 Å². The van der Waals surface area contributed by atoms with Crippen molar-refractivity contribution in [2.75, 3.05) is 0 Å². The summed E-state index contributed by atoms with van der Waals surface area (Å²) in [6.07, 6.45) is 1.76. The molecule has 1 heterocycles. The monoisotopic (exact) mass is 339 g/mol. The van der Waals surface area contributed by atoms with Gasteiger partial charge in [0.05, 0.1) is 27.2 Å². The van der Waals surface area contributed by atoms with Gasteiger partial charge in [-0.05, 0) is 47.7 Å². The highest BCUT2D eigenvalue weighted by Gasteiger charge is 2.23. The zero-order valence-electron chi connectivity index (χ0n) is 11.8. The summed E-state index contributed by atoms with van der Waals surface area (Å²) in [7, 11) is 0. The summed E-state index contributed by atoms with van der Waals surface area (Å²) in [5.74, 6) is -0.204. The van der Waals surface area contributed by atoms with Gasteiger partial charge in [0.25, 0.3) is 5.91 Å². The zero-order valence-corrected chi connectivity index (χ0v) is 13.4. The van der Waals surface area contributed by atoms with E-state index in [0.29, 0.717) is 26.3 Å². The molecule has 1 fully saturated rings. The number of hydrogen-bond acceptors (Lipinski definition) is 4. The van der Waals surface area contributed by atoms with E-state index in [0.717, 1.165) is 5.56 Å². The molecule has 1 saturated heterocycles. The number of rotatable bonds is 2. The molecule has 6 heteroatoms. The van der Waals surface area contributed by atoms with Crippen LogP contribution >= 0.6 is 23.4 Å². The predicted molar refractivity (Wildman–Crippen MR) is 93.4 cm³/mol. The van der Waals surface area contributed by atoms with E-state index < -0.39 is 0 Å². The number of halogens is 1. The smallest absolute Gasteiger partial charge is 0.264 e. The highest BCUT2D eigenvalue weighted by atomic mass is 35.5. The molecule has 0 bridgehead atoms. The van der Waals surface area contributed by atoms with Crippen LogP contribution in [0.2, 0.25) is 5.02 Å². The van der Waals surface area contributed by atoms with Gasteiger partial charge in [-0.15, -0.1) is 0 Å². The van der Waals surface area contributed by atoms with Crippen molar-refractivity contribution in [1.29, 1.82) is 5.26 Å².